The molecule has 1 N–H and O–H groups in total. The molecule has 0 bridgehead atoms. The van der Waals surface area contributed by atoms with Crippen LogP contribution < -0.4 is 5.32 Å². The fourth-order valence-electron chi connectivity index (χ4n) is 0.298. The first-order valence-electron chi connectivity index (χ1n) is 1.71. The molecule has 0 aromatic rings. The Labute approximate surface area is 56.1 Å². The highest BCUT2D eigenvalue weighted by Crippen LogP contribution is 2.30. The zero-order chi connectivity index (χ0) is 5.28. The molecule has 0 saturated carbocycles. The molecule has 0 radical (unpaired) electrons. The maximum atomic E-state index is 5.52. The van der Waals surface area contributed by atoms with E-state index in [2.05, 4.69) is 5.32 Å². The van der Waals surface area contributed by atoms with E-state index in [0.29, 0.717) is 0 Å². The molecule has 0 aromatic heterocycles. The van der Waals surface area contributed by atoms with E-state index in [1.807, 2.05) is 0 Å². The van der Waals surface area contributed by atoms with Crippen LogP contribution in [0.3, 0.4) is 0 Å². The van der Waals surface area contributed by atoms with Gasteiger partial charge in [-0.2, -0.15) is 0 Å². The van der Waals surface area contributed by atoms with Crippen molar-refractivity contribution in [2.45, 2.75) is 4.83 Å². The minimum Gasteiger partial charge on any atom is -0.365 e. The van der Waals surface area contributed by atoms with Gasteiger partial charge in [-0.3, -0.25) is 0 Å². The second kappa shape index (κ2) is 2.16. The Kier molecular flexibility index (Phi) is 1.73. The molecule has 0 saturated heterocycles. The Hall–Kier alpha value is 0.470. The smallest absolute Gasteiger partial charge is 0.153 e. The van der Waals surface area contributed by atoms with Crippen LogP contribution in [0.5, 0.6) is 0 Å². The summed E-state index contributed by atoms with van der Waals surface area (Å²) in [7, 11) is 0. The summed E-state index contributed by atoms with van der Waals surface area (Å²) < 4.78 is 0.722. The quantitative estimate of drug-likeness (QED) is 0.424. The molecule has 1 aliphatic heterocycles. The second-order valence-electron chi connectivity index (χ2n) is 1.05. The van der Waals surface area contributed by atoms with E-state index in [1.54, 1.807) is 6.20 Å². The lowest BCUT2D eigenvalue weighted by Gasteiger charge is -1.93. The summed E-state index contributed by atoms with van der Waals surface area (Å²) in [5, 5.41) is 2.80. The number of nitrogens with one attached hydrogen (secondary N) is 1. The first-order chi connectivity index (χ1) is 3.29. The molecular formula is C3H3Cl2NS. The maximum Gasteiger partial charge on any atom is 0.153 e. The summed E-state index contributed by atoms with van der Waals surface area (Å²) in [5.74, 6) is 0. The molecule has 0 aromatic carbocycles. The fraction of sp³-hybridized carbons (Fsp3) is 0.333. The Balaban J connectivity index is 2.42. The van der Waals surface area contributed by atoms with Crippen molar-refractivity contribution in [1.29, 1.82) is 0 Å². The van der Waals surface area contributed by atoms with Crippen molar-refractivity contribution in [3.05, 3.63) is 10.6 Å². The molecule has 0 aliphatic carbocycles. The van der Waals surface area contributed by atoms with E-state index in [9.17, 15) is 0 Å². The highest BCUT2D eigenvalue weighted by atomic mass is 35.5. The van der Waals surface area contributed by atoms with Crippen LogP contribution in [0.4, 0.5) is 0 Å². The molecule has 1 nitrogen and oxygen atoms in total. The first-order valence-corrected chi connectivity index (χ1v) is 3.41. The molecular weight excluding hydrogens is 153 g/mol. The van der Waals surface area contributed by atoms with Gasteiger partial charge in [0.1, 0.15) is 0 Å². The van der Waals surface area contributed by atoms with E-state index >= 15 is 0 Å². The SMILES string of the molecule is ClC1=CNC(Cl)S1. The van der Waals surface area contributed by atoms with Crippen molar-refractivity contribution in [3.63, 3.8) is 0 Å². The van der Waals surface area contributed by atoms with Crippen LogP contribution >= 0.6 is 35.0 Å². The predicted octanol–water partition coefficient (Wildman–Crippen LogP) is 1.88. The lowest BCUT2D eigenvalue weighted by atomic mass is 11.0. The highest BCUT2D eigenvalue weighted by molar-refractivity contribution is 8.06. The van der Waals surface area contributed by atoms with Crippen molar-refractivity contribution in [1.82, 2.24) is 5.32 Å². The summed E-state index contributed by atoms with van der Waals surface area (Å²) in [6, 6.07) is 0. The van der Waals surface area contributed by atoms with Crippen LogP contribution in [0.1, 0.15) is 0 Å². The lowest BCUT2D eigenvalue weighted by Crippen LogP contribution is -2.06. The predicted molar refractivity (Wildman–Crippen MR) is 34.3 cm³/mol. The van der Waals surface area contributed by atoms with Crippen molar-refractivity contribution < 1.29 is 0 Å². The van der Waals surface area contributed by atoms with E-state index in [4.69, 9.17) is 23.2 Å². The van der Waals surface area contributed by atoms with Crippen LogP contribution in [0.2, 0.25) is 0 Å². The van der Waals surface area contributed by atoms with Gasteiger partial charge in [-0.1, -0.05) is 35.0 Å². The number of hydrogen-bond donors (Lipinski definition) is 1. The molecule has 1 unspecified atom stereocenters. The van der Waals surface area contributed by atoms with Gasteiger partial charge in [0.2, 0.25) is 0 Å². The van der Waals surface area contributed by atoms with Gasteiger partial charge in [0, 0.05) is 6.20 Å². The molecule has 4 heteroatoms. The first kappa shape index (κ1) is 5.60. The largest absolute Gasteiger partial charge is 0.365 e. The summed E-state index contributed by atoms with van der Waals surface area (Å²) >= 11 is 12.4. The van der Waals surface area contributed by atoms with Gasteiger partial charge in [0.15, 0.2) is 4.83 Å². The molecule has 40 valence electrons. The minimum atomic E-state index is -0.0625. The third-order valence-corrected chi connectivity index (χ3v) is 2.00. The van der Waals surface area contributed by atoms with E-state index < -0.39 is 0 Å². The van der Waals surface area contributed by atoms with Gasteiger partial charge in [0.05, 0.1) is 4.36 Å². The van der Waals surface area contributed by atoms with Gasteiger partial charge < -0.3 is 5.32 Å². The number of thioether (sulfide) groups is 1. The van der Waals surface area contributed by atoms with Crippen molar-refractivity contribution in [3.8, 4) is 0 Å². The normalized spacial score (nSPS) is 29.4. The average molecular weight is 156 g/mol. The van der Waals surface area contributed by atoms with E-state index in [0.717, 1.165) is 4.36 Å². The molecule has 7 heavy (non-hydrogen) atoms. The van der Waals surface area contributed by atoms with Crippen molar-refractivity contribution >= 4 is 35.0 Å². The molecule has 0 amide bonds. The second-order valence-corrected chi connectivity index (χ2v) is 3.52. The van der Waals surface area contributed by atoms with E-state index in [1.165, 1.54) is 11.8 Å². The Morgan fingerprint density at radius 3 is 2.71 bits per heavy atom. The van der Waals surface area contributed by atoms with E-state index in [-0.39, 0.29) is 4.83 Å². The standard InChI is InChI=1S/C3H3Cl2NS/c4-2-1-6-3(5)7-2/h1,3,6H. The Morgan fingerprint density at radius 2 is 2.57 bits per heavy atom. The van der Waals surface area contributed by atoms with Gasteiger partial charge in [0.25, 0.3) is 0 Å². The monoisotopic (exact) mass is 155 g/mol. The molecule has 1 heterocycles. The molecule has 1 rings (SSSR count). The van der Waals surface area contributed by atoms with Crippen LogP contribution in [-0.2, 0) is 0 Å². The molecule has 0 fully saturated rings. The number of alkyl halides is 1. The van der Waals surface area contributed by atoms with Crippen molar-refractivity contribution in [2.24, 2.45) is 0 Å². The lowest BCUT2D eigenvalue weighted by molar-refractivity contribution is 1.02. The van der Waals surface area contributed by atoms with Crippen LogP contribution in [0.25, 0.3) is 0 Å². The summed E-state index contributed by atoms with van der Waals surface area (Å²) in [4.78, 5) is -0.0625. The number of halogens is 2. The summed E-state index contributed by atoms with van der Waals surface area (Å²) in [5.41, 5.74) is 0. The van der Waals surface area contributed by atoms with Crippen LogP contribution in [0.15, 0.2) is 10.6 Å². The number of rotatable bonds is 0. The van der Waals surface area contributed by atoms with Gasteiger partial charge in [-0.25, -0.2) is 0 Å². The van der Waals surface area contributed by atoms with Crippen LogP contribution in [0, 0.1) is 0 Å². The topological polar surface area (TPSA) is 12.0 Å². The zero-order valence-electron chi connectivity index (χ0n) is 3.32. The number of hydrogen-bond acceptors (Lipinski definition) is 2. The van der Waals surface area contributed by atoms with Crippen molar-refractivity contribution in [2.75, 3.05) is 0 Å². The molecule has 1 aliphatic rings. The molecule has 1 atom stereocenters. The highest BCUT2D eigenvalue weighted by Gasteiger charge is 2.10. The Morgan fingerprint density at radius 1 is 1.86 bits per heavy atom. The van der Waals surface area contributed by atoms with Gasteiger partial charge in [-0.15, -0.1) is 0 Å². The van der Waals surface area contributed by atoms with Gasteiger partial charge >= 0.3 is 0 Å². The summed E-state index contributed by atoms with van der Waals surface area (Å²) in [6.07, 6.45) is 1.68. The van der Waals surface area contributed by atoms with Crippen LogP contribution in [-0.4, -0.2) is 4.83 Å². The zero-order valence-corrected chi connectivity index (χ0v) is 5.65. The average Bonchev–Trinajstić information content (AvgIpc) is 1.87. The maximum absolute atomic E-state index is 5.52. The third-order valence-electron chi connectivity index (χ3n) is 0.544. The fourth-order valence-corrected chi connectivity index (χ4v) is 1.59. The Bertz CT molecular complexity index is 103. The summed E-state index contributed by atoms with van der Waals surface area (Å²) in [6.45, 7) is 0. The van der Waals surface area contributed by atoms with Gasteiger partial charge in [-0.05, 0) is 0 Å². The third kappa shape index (κ3) is 1.44. The minimum absolute atomic E-state index is 0.0625. The molecule has 0 spiro atoms.